The SMILES string of the molecule is CCOc1cc(/C=N/NC(=O)c2c(CN3CCCC3)nnn2-c2nonc2N)ccc1OCc1ccccc1F. The number of amides is 1. The minimum atomic E-state index is -0.562. The van der Waals surface area contributed by atoms with Gasteiger partial charge in [0.25, 0.3) is 5.91 Å². The third-order valence-electron chi connectivity index (χ3n) is 6.21. The van der Waals surface area contributed by atoms with Crippen LogP contribution in [0, 0.1) is 5.82 Å². The monoisotopic (exact) mass is 549 g/mol. The molecule has 3 N–H and O–H groups in total. The highest BCUT2D eigenvalue weighted by Crippen LogP contribution is 2.29. The van der Waals surface area contributed by atoms with Gasteiger partial charge in [-0.15, -0.1) is 5.10 Å². The lowest BCUT2D eigenvalue weighted by Crippen LogP contribution is -2.26. The van der Waals surface area contributed by atoms with Crippen molar-refractivity contribution in [2.24, 2.45) is 5.10 Å². The van der Waals surface area contributed by atoms with Crippen LogP contribution < -0.4 is 20.6 Å². The van der Waals surface area contributed by atoms with E-state index >= 15 is 0 Å². The molecular weight excluding hydrogens is 521 g/mol. The summed E-state index contributed by atoms with van der Waals surface area (Å²) in [6.07, 6.45) is 3.62. The molecule has 0 atom stereocenters. The van der Waals surface area contributed by atoms with Crippen LogP contribution in [0.3, 0.4) is 0 Å². The number of anilines is 1. The van der Waals surface area contributed by atoms with E-state index in [-0.39, 0.29) is 29.8 Å². The van der Waals surface area contributed by atoms with Crippen LogP contribution in [0.1, 0.15) is 47.1 Å². The van der Waals surface area contributed by atoms with Crippen molar-refractivity contribution >= 4 is 17.9 Å². The summed E-state index contributed by atoms with van der Waals surface area (Å²) in [6.45, 7) is 4.52. The lowest BCUT2D eigenvalue weighted by molar-refractivity contribution is 0.0945. The number of hydrogen-bond donors (Lipinski definition) is 2. The minimum absolute atomic E-state index is 0.0315. The second-order valence-corrected chi connectivity index (χ2v) is 8.97. The highest BCUT2D eigenvalue weighted by Gasteiger charge is 2.27. The third kappa shape index (κ3) is 6.07. The van der Waals surface area contributed by atoms with Gasteiger partial charge in [-0.2, -0.15) is 9.78 Å². The fourth-order valence-electron chi connectivity index (χ4n) is 4.27. The maximum Gasteiger partial charge on any atom is 0.292 e. The Morgan fingerprint density at radius 1 is 1.18 bits per heavy atom. The van der Waals surface area contributed by atoms with E-state index in [4.69, 9.17) is 15.2 Å². The Morgan fingerprint density at radius 2 is 2.00 bits per heavy atom. The van der Waals surface area contributed by atoms with Crippen LogP contribution in [0.15, 0.2) is 52.2 Å². The van der Waals surface area contributed by atoms with Crippen LogP contribution in [0.5, 0.6) is 11.5 Å². The van der Waals surface area contributed by atoms with E-state index in [1.165, 1.54) is 17.0 Å². The van der Waals surface area contributed by atoms with Crippen molar-refractivity contribution in [3.8, 4) is 17.3 Å². The van der Waals surface area contributed by atoms with Gasteiger partial charge in [0.15, 0.2) is 17.2 Å². The Bertz CT molecular complexity index is 1500. The quantitative estimate of drug-likeness (QED) is 0.210. The number of likely N-dealkylation sites (tertiary alicyclic amines) is 1. The zero-order valence-corrected chi connectivity index (χ0v) is 21.8. The van der Waals surface area contributed by atoms with Crippen LogP contribution in [0.4, 0.5) is 10.2 Å². The average molecular weight is 550 g/mol. The molecule has 4 aromatic rings. The minimum Gasteiger partial charge on any atom is -0.490 e. The molecule has 1 aliphatic heterocycles. The Morgan fingerprint density at radius 3 is 2.75 bits per heavy atom. The van der Waals surface area contributed by atoms with Crippen molar-refractivity contribution in [3.05, 3.63) is 70.8 Å². The van der Waals surface area contributed by atoms with Crippen molar-refractivity contribution in [1.82, 2.24) is 35.6 Å². The summed E-state index contributed by atoms with van der Waals surface area (Å²) in [7, 11) is 0. The van der Waals surface area contributed by atoms with E-state index in [2.05, 4.69) is 40.7 Å². The summed E-state index contributed by atoms with van der Waals surface area (Å²) < 4.78 is 31.3. The zero-order valence-electron chi connectivity index (χ0n) is 21.8. The molecule has 14 heteroatoms. The van der Waals surface area contributed by atoms with E-state index in [1.54, 1.807) is 36.4 Å². The molecule has 3 heterocycles. The molecule has 0 saturated carbocycles. The number of benzene rings is 2. The van der Waals surface area contributed by atoms with Gasteiger partial charge in [-0.05, 0) is 73.0 Å². The topological polar surface area (TPSA) is 159 Å². The molecule has 2 aromatic heterocycles. The summed E-state index contributed by atoms with van der Waals surface area (Å²) in [4.78, 5) is 15.4. The molecule has 13 nitrogen and oxygen atoms in total. The zero-order chi connectivity index (χ0) is 27.9. The van der Waals surface area contributed by atoms with Gasteiger partial charge >= 0.3 is 0 Å². The maximum atomic E-state index is 14.0. The van der Waals surface area contributed by atoms with Gasteiger partial charge in [0.2, 0.25) is 11.6 Å². The number of nitrogen functional groups attached to an aromatic ring is 1. The highest BCUT2D eigenvalue weighted by atomic mass is 19.1. The number of nitrogens with one attached hydrogen (secondary N) is 1. The van der Waals surface area contributed by atoms with E-state index in [0.29, 0.717) is 41.5 Å². The maximum absolute atomic E-state index is 14.0. The first kappa shape index (κ1) is 26.7. The molecular formula is C26H28FN9O4. The van der Waals surface area contributed by atoms with Gasteiger partial charge in [-0.3, -0.25) is 9.69 Å². The Kier molecular flexibility index (Phi) is 8.25. The summed E-state index contributed by atoms with van der Waals surface area (Å²) in [6, 6.07) is 11.6. The molecule has 5 rings (SSSR count). The molecule has 0 bridgehead atoms. The first-order valence-electron chi connectivity index (χ1n) is 12.7. The number of carbonyl (C=O) groups is 1. The number of aromatic nitrogens is 5. The number of halogens is 1. The van der Waals surface area contributed by atoms with Crippen molar-refractivity contribution in [2.75, 3.05) is 25.4 Å². The normalized spacial score (nSPS) is 13.7. The van der Waals surface area contributed by atoms with E-state index in [9.17, 15) is 9.18 Å². The van der Waals surface area contributed by atoms with Crippen molar-refractivity contribution < 1.29 is 23.3 Å². The van der Waals surface area contributed by atoms with E-state index in [1.807, 2.05) is 6.92 Å². The van der Waals surface area contributed by atoms with Crippen molar-refractivity contribution in [2.45, 2.75) is 32.9 Å². The largest absolute Gasteiger partial charge is 0.490 e. The van der Waals surface area contributed by atoms with E-state index in [0.717, 1.165) is 25.9 Å². The summed E-state index contributed by atoms with van der Waals surface area (Å²) in [5.74, 6) is 0.0257. The predicted octanol–water partition coefficient (Wildman–Crippen LogP) is 2.71. The summed E-state index contributed by atoms with van der Waals surface area (Å²) >= 11 is 0. The molecule has 1 fully saturated rings. The van der Waals surface area contributed by atoms with E-state index < -0.39 is 5.91 Å². The number of carbonyl (C=O) groups excluding carboxylic acids is 1. The second-order valence-electron chi connectivity index (χ2n) is 8.97. The second kappa shape index (κ2) is 12.3. The van der Waals surface area contributed by atoms with Gasteiger partial charge in [0.1, 0.15) is 18.1 Å². The van der Waals surface area contributed by atoms with Crippen molar-refractivity contribution in [1.29, 1.82) is 0 Å². The van der Waals surface area contributed by atoms with Gasteiger partial charge in [-0.25, -0.2) is 14.4 Å². The Labute approximate surface area is 228 Å². The molecule has 0 radical (unpaired) electrons. The standard InChI is InChI=1S/C26H28FN9O4/c1-2-38-22-13-17(9-10-21(22)39-16-18-7-3-4-8-19(18)27)14-29-31-26(37)23-20(15-35-11-5-6-12-35)30-34-36(23)25-24(28)32-40-33-25/h3-4,7-10,13-14H,2,5-6,11-12,15-16H2,1H3,(H2,28,32)(H,31,37)/b29-14+. The van der Waals surface area contributed by atoms with Crippen LogP contribution in [-0.4, -0.2) is 62.0 Å². The number of hydrogen-bond acceptors (Lipinski definition) is 11. The molecule has 1 saturated heterocycles. The number of nitrogens with zero attached hydrogens (tertiary/aromatic N) is 7. The fraction of sp³-hybridized carbons (Fsp3) is 0.308. The molecule has 0 aliphatic carbocycles. The van der Waals surface area contributed by atoms with Crippen LogP contribution in [-0.2, 0) is 13.2 Å². The number of hydrazone groups is 1. The lowest BCUT2D eigenvalue weighted by atomic mass is 10.2. The molecule has 2 aromatic carbocycles. The smallest absolute Gasteiger partial charge is 0.292 e. The average Bonchev–Trinajstić information content (AvgIpc) is 3.71. The summed E-state index contributed by atoms with van der Waals surface area (Å²) in [5.41, 5.74) is 9.99. The Hall–Kier alpha value is -4.85. The van der Waals surface area contributed by atoms with Gasteiger partial charge < -0.3 is 15.2 Å². The first-order valence-corrected chi connectivity index (χ1v) is 12.7. The first-order chi connectivity index (χ1) is 19.5. The molecule has 208 valence electrons. The lowest BCUT2D eigenvalue weighted by Gasteiger charge is -2.13. The number of nitrogens with two attached hydrogens (primary N) is 1. The summed E-state index contributed by atoms with van der Waals surface area (Å²) in [5, 5.41) is 19.7. The number of rotatable bonds is 11. The van der Waals surface area contributed by atoms with Gasteiger partial charge in [0.05, 0.1) is 12.8 Å². The molecule has 40 heavy (non-hydrogen) atoms. The fourth-order valence-corrected chi connectivity index (χ4v) is 4.27. The van der Waals surface area contributed by atoms with Crippen LogP contribution in [0.2, 0.25) is 0 Å². The predicted molar refractivity (Wildman–Crippen MR) is 142 cm³/mol. The van der Waals surface area contributed by atoms with Gasteiger partial charge in [0, 0.05) is 12.1 Å². The number of ether oxygens (including phenoxy) is 2. The molecule has 1 amide bonds. The Balaban J connectivity index is 1.31. The molecule has 0 unspecified atom stereocenters. The molecule has 0 spiro atoms. The third-order valence-corrected chi connectivity index (χ3v) is 6.21. The van der Waals surface area contributed by atoms with Crippen molar-refractivity contribution in [3.63, 3.8) is 0 Å². The van der Waals surface area contributed by atoms with Crippen LogP contribution in [0.25, 0.3) is 5.82 Å². The highest BCUT2D eigenvalue weighted by molar-refractivity contribution is 5.95. The van der Waals surface area contributed by atoms with Gasteiger partial charge in [-0.1, -0.05) is 23.4 Å². The van der Waals surface area contributed by atoms with Crippen LogP contribution >= 0.6 is 0 Å². The molecule has 1 aliphatic rings.